The van der Waals surface area contributed by atoms with Crippen LogP contribution in [-0.2, 0) is 9.53 Å². The van der Waals surface area contributed by atoms with Crippen LogP contribution in [-0.4, -0.2) is 54.9 Å². The molecular weight excluding hydrogens is 248 g/mol. The van der Waals surface area contributed by atoms with Gasteiger partial charge in [0.25, 0.3) is 0 Å². The van der Waals surface area contributed by atoms with Crippen LogP contribution in [0.25, 0.3) is 0 Å². The zero-order valence-corrected chi connectivity index (χ0v) is 11.9. The highest BCUT2D eigenvalue weighted by molar-refractivity contribution is 5.77. The van der Waals surface area contributed by atoms with Crippen molar-refractivity contribution in [3.05, 3.63) is 0 Å². The highest BCUT2D eigenvalue weighted by Crippen LogP contribution is 2.17. The van der Waals surface area contributed by atoms with Crippen molar-refractivity contribution >= 4 is 12.0 Å². The molecule has 1 fully saturated rings. The summed E-state index contributed by atoms with van der Waals surface area (Å²) in [4.78, 5) is 24.3. The first kappa shape index (κ1) is 15.8. The van der Waals surface area contributed by atoms with E-state index in [1.807, 2.05) is 20.8 Å². The lowest BCUT2D eigenvalue weighted by Crippen LogP contribution is -2.44. The summed E-state index contributed by atoms with van der Waals surface area (Å²) in [7, 11) is 0. The summed E-state index contributed by atoms with van der Waals surface area (Å²) in [6.07, 6.45) is 0.533. The van der Waals surface area contributed by atoms with Crippen molar-refractivity contribution < 1.29 is 19.4 Å². The van der Waals surface area contributed by atoms with Gasteiger partial charge in [0.05, 0.1) is 12.5 Å². The van der Waals surface area contributed by atoms with Gasteiger partial charge in [0.15, 0.2) is 0 Å². The Morgan fingerprint density at radius 1 is 1.47 bits per heavy atom. The minimum Gasteiger partial charge on any atom is -0.481 e. The molecule has 2 amide bonds. The fraction of sp³-hybridized carbons (Fsp3) is 0.846. The highest BCUT2D eigenvalue weighted by Gasteiger charge is 2.31. The molecule has 0 aromatic rings. The molecule has 0 radical (unpaired) electrons. The van der Waals surface area contributed by atoms with E-state index >= 15 is 0 Å². The summed E-state index contributed by atoms with van der Waals surface area (Å²) >= 11 is 0. The number of carbonyl (C=O) groups excluding carboxylic acids is 1. The summed E-state index contributed by atoms with van der Waals surface area (Å²) < 4.78 is 5.36. The maximum Gasteiger partial charge on any atom is 0.317 e. The Hall–Kier alpha value is -1.30. The van der Waals surface area contributed by atoms with Crippen LogP contribution in [0.2, 0.25) is 0 Å². The third kappa shape index (κ3) is 5.06. The molecule has 1 rings (SSSR count). The van der Waals surface area contributed by atoms with Gasteiger partial charge in [0, 0.05) is 31.7 Å². The quantitative estimate of drug-likeness (QED) is 0.760. The van der Waals surface area contributed by atoms with E-state index in [1.54, 1.807) is 4.90 Å². The molecule has 0 aromatic carbocycles. The van der Waals surface area contributed by atoms with Gasteiger partial charge in [0.1, 0.15) is 0 Å². The van der Waals surface area contributed by atoms with Crippen LogP contribution in [0.4, 0.5) is 4.79 Å². The first-order valence-corrected chi connectivity index (χ1v) is 6.69. The molecule has 1 unspecified atom stereocenters. The van der Waals surface area contributed by atoms with Crippen LogP contribution in [0.5, 0.6) is 0 Å². The average Bonchev–Trinajstić information content (AvgIpc) is 2.83. The SMILES string of the molecule is CCOCC(C)(C)CNC(=O)N1CCC(C(=O)O)C1. The second kappa shape index (κ2) is 6.75. The Balaban J connectivity index is 2.34. The first-order valence-electron chi connectivity index (χ1n) is 6.69. The van der Waals surface area contributed by atoms with Gasteiger partial charge in [-0.1, -0.05) is 13.8 Å². The van der Waals surface area contributed by atoms with Crippen LogP contribution in [0.3, 0.4) is 0 Å². The molecule has 1 aliphatic rings. The van der Waals surface area contributed by atoms with E-state index < -0.39 is 11.9 Å². The summed E-state index contributed by atoms with van der Waals surface area (Å²) in [5.74, 6) is -1.26. The molecule has 0 aromatic heterocycles. The molecule has 6 heteroatoms. The van der Waals surface area contributed by atoms with Gasteiger partial charge in [0.2, 0.25) is 0 Å². The maximum atomic E-state index is 11.9. The third-order valence-electron chi connectivity index (χ3n) is 3.24. The Morgan fingerprint density at radius 3 is 2.68 bits per heavy atom. The number of carbonyl (C=O) groups is 2. The molecule has 1 atom stereocenters. The number of hydrogen-bond donors (Lipinski definition) is 2. The van der Waals surface area contributed by atoms with Gasteiger partial charge in [-0.2, -0.15) is 0 Å². The number of hydrogen-bond acceptors (Lipinski definition) is 3. The molecule has 1 aliphatic heterocycles. The van der Waals surface area contributed by atoms with Crippen LogP contribution < -0.4 is 5.32 Å². The lowest BCUT2D eigenvalue weighted by Gasteiger charge is -2.26. The van der Waals surface area contributed by atoms with Gasteiger partial charge >= 0.3 is 12.0 Å². The number of urea groups is 1. The number of rotatable bonds is 6. The van der Waals surface area contributed by atoms with E-state index in [4.69, 9.17) is 9.84 Å². The van der Waals surface area contributed by atoms with Gasteiger partial charge in [-0.25, -0.2) is 4.79 Å². The number of amides is 2. The number of carboxylic acid groups (broad SMARTS) is 1. The predicted molar refractivity (Wildman–Crippen MR) is 71.0 cm³/mol. The molecule has 19 heavy (non-hydrogen) atoms. The van der Waals surface area contributed by atoms with Crippen molar-refractivity contribution in [3.63, 3.8) is 0 Å². The molecule has 0 saturated carbocycles. The van der Waals surface area contributed by atoms with E-state index in [9.17, 15) is 9.59 Å². The van der Waals surface area contributed by atoms with E-state index in [2.05, 4.69) is 5.32 Å². The Kier molecular flexibility index (Phi) is 5.60. The summed E-state index contributed by atoms with van der Waals surface area (Å²) in [6, 6.07) is -0.187. The van der Waals surface area contributed by atoms with Crippen molar-refractivity contribution in [2.24, 2.45) is 11.3 Å². The molecule has 1 heterocycles. The topological polar surface area (TPSA) is 78.9 Å². The Bertz CT molecular complexity index is 331. The monoisotopic (exact) mass is 272 g/mol. The minimum absolute atomic E-state index is 0.127. The molecule has 110 valence electrons. The van der Waals surface area contributed by atoms with E-state index in [0.29, 0.717) is 39.3 Å². The van der Waals surface area contributed by atoms with Gasteiger partial charge < -0.3 is 20.1 Å². The van der Waals surface area contributed by atoms with E-state index in [1.165, 1.54) is 0 Å². The third-order valence-corrected chi connectivity index (χ3v) is 3.24. The molecule has 0 bridgehead atoms. The second-order valence-electron chi connectivity index (χ2n) is 5.73. The highest BCUT2D eigenvalue weighted by atomic mass is 16.5. The van der Waals surface area contributed by atoms with Crippen molar-refractivity contribution in [2.75, 3.05) is 32.8 Å². The lowest BCUT2D eigenvalue weighted by molar-refractivity contribution is -0.141. The average molecular weight is 272 g/mol. The van der Waals surface area contributed by atoms with Crippen LogP contribution in [0.1, 0.15) is 27.2 Å². The summed E-state index contributed by atoms with van der Waals surface area (Å²) in [5, 5.41) is 11.7. The number of nitrogens with one attached hydrogen (secondary N) is 1. The summed E-state index contributed by atoms with van der Waals surface area (Å²) in [5.41, 5.74) is -0.127. The van der Waals surface area contributed by atoms with Crippen LogP contribution in [0, 0.1) is 11.3 Å². The van der Waals surface area contributed by atoms with E-state index in [-0.39, 0.29) is 11.4 Å². The number of ether oxygens (including phenoxy) is 1. The van der Waals surface area contributed by atoms with Crippen molar-refractivity contribution in [1.82, 2.24) is 10.2 Å². The molecular formula is C13H24N2O4. The number of aliphatic carboxylic acids is 1. The first-order chi connectivity index (χ1) is 8.85. The van der Waals surface area contributed by atoms with Gasteiger partial charge in [-0.15, -0.1) is 0 Å². The number of nitrogens with zero attached hydrogens (tertiary/aromatic N) is 1. The largest absolute Gasteiger partial charge is 0.481 e. The fourth-order valence-electron chi connectivity index (χ4n) is 2.00. The van der Waals surface area contributed by atoms with Crippen molar-refractivity contribution in [3.8, 4) is 0 Å². The normalized spacial score (nSPS) is 19.5. The minimum atomic E-state index is -0.827. The number of likely N-dealkylation sites (tertiary alicyclic amines) is 1. The molecule has 0 aliphatic carbocycles. The smallest absolute Gasteiger partial charge is 0.317 e. The molecule has 6 nitrogen and oxygen atoms in total. The van der Waals surface area contributed by atoms with E-state index in [0.717, 1.165) is 0 Å². The van der Waals surface area contributed by atoms with Crippen molar-refractivity contribution in [2.45, 2.75) is 27.2 Å². The van der Waals surface area contributed by atoms with Gasteiger partial charge in [-0.05, 0) is 13.3 Å². The zero-order valence-electron chi connectivity index (χ0n) is 11.9. The predicted octanol–water partition coefficient (Wildman–Crippen LogP) is 1.17. The molecule has 2 N–H and O–H groups in total. The summed E-state index contributed by atoms with van der Waals surface area (Å²) in [6.45, 7) is 8.54. The zero-order chi connectivity index (χ0) is 14.5. The van der Waals surface area contributed by atoms with Crippen molar-refractivity contribution in [1.29, 1.82) is 0 Å². The molecule has 0 spiro atoms. The molecule has 1 saturated heterocycles. The Morgan fingerprint density at radius 2 is 2.16 bits per heavy atom. The standard InChI is InChI=1S/C13H24N2O4/c1-4-19-9-13(2,3)8-14-12(18)15-6-5-10(7-15)11(16)17/h10H,4-9H2,1-3H3,(H,14,18)(H,16,17). The number of carboxylic acids is 1. The van der Waals surface area contributed by atoms with Gasteiger partial charge in [-0.3, -0.25) is 4.79 Å². The second-order valence-corrected chi connectivity index (χ2v) is 5.73. The maximum absolute atomic E-state index is 11.9. The fourth-order valence-corrected chi connectivity index (χ4v) is 2.00. The van der Waals surface area contributed by atoms with Crippen LogP contribution >= 0.6 is 0 Å². The Labute approximate surface area is 114 Å². The lowest BCUT2D eigenvalue weighted by atomic mass is 9.95. The van der Waals surface area contributed by atoms with Crippen LogP contribution in [0.15, 0.2) is 0 Å².